The Morgan fingerprint density at radius 2 is 1.86 bits per heavy atom. The third kappa shape index (κ3) is 2.48. The van der Waals surface area contributed by atoms with Crippen molar-refractivity contribution in [3.05, 3.63) is 0 Å². The molecule has 2 aliphatic rings. The smallest absolute Gasteiger partial charge is 0.00952 e. The summed E-state index contributed by atoms with van der Waals surface area (Å²) in [4.78, 5) is 2.74. The maximum absolute atomic E-state index is 3.26. The summed E-state index contributed by atoms with van der Waals surface area (Å²) in [6, 6.07) is 0.972. The molecule has 1 aliphatic heterocycles. The van der Waals surface area contributed by atoms with Crippen LogP contribution in [-0.4, -0.2) is 37.6 Å². The summed E-state index contributed by atoms with van der Waals surface area (Å²) < 4.78 is 0. The zero-order valence-electron chi connectivity index (χ0n) is 9.47. The zero-order chi connectivity index (χ0) is 9.80. The summed E-state index contributed by atoms with van der Waals surface area (Å²) in [6.45, 7) is 3.95. The number of nitrogens with zero attached hydrogens (tertiary/aromatic N) is 1. The number of likely N-dealkylation sites (tertiary alicyclic amines) is 1. The Morgan fingerprint density at radius 3 is 2.36 bits per heavy atom. The van der Waals surface area contributed by atoms with Gasteiger partial charge in [0.05, 0.1) is 0 Å². The van der Waals surface area contributed by atoms with Gasteiger partial charge in [0.15, 0.2) is 0 Å². The predicted molar refractivity (Wildman–Crippen MR) is 60.5 cm³/mol. The first-order valence-electron chi connectivity index (χ1n) is 6.29. The van der Waals surface area contributed by atoms with E-state index in [1.165, 1.54) is 58.2 Å². The van der Waals surface area contributed by atoms with Crippen LogP contribution in [0.5, 0.6) is 0 Å². The van der Waals surface area contributed by atoms with Gasteiger partial charge in [-0.1, -0.05) is 6.42 Å². The van der Waals surface area contributed by atoms with Crippen LogP contribution in [0, 0.1) is 5.92 Å². The lowest BCUT2D eigenvalue weighted by atomic mass is 9.87. The number of nitrogens with one attached hydrogen (secondary N) is 1. The third-order valence-electron chi connectivity index (χ3n) is 4.04. The molecule has 2 heteroatoms. The van der Waals surface area contributed by atoms with Gasteiger partial charge < -0.3 is 10.2 Å². The van der Waals surface area contributed by atoms with Crippen LogP contribution >= 0.6 is 0 Å². The van der Waals surface area contributed by atoms with Crippen LogP contribution in [0.4, 0.5) is 0 Å². The first kappa shape index (κ1) is 10.4. The van der Waals surface area contributed by atoms with Gasteiger partial charge in [-0.25, -0.2) is 0 Å². The van der Waals surface area contributed by atoms with Gasteiger partial charge in [0.1, 0.15) is 0 Å². The fourth-order valence-corrected chi connectivity index (χ4v) is 2.71. The molecule has 1 heterocycles. The molecule has 0 aromatic carbocycles. The van der Waals surface area contributed by atoms with Crippen molar-refractivity contribution in [2.45, 2.75) is 44.6 Å². The minimum atomic E-state index is 0.972. The standard InChI is InChI=1S/C12H24N2/c1-13-8-5-11-6-9-14(10-7-11)12-3-2-4-12/h11-13H,2-10H2,1H3. The van der Waals surface area contributed by atoms with E-state index in [1.54, 1.807) is 0 Å². The highest BCUT2D eigenvalue weighted by Gasteiger charge is 2.28. The van der Waals surface area contributed by atoms with E-state index < -0.39 is 0 Å². The van der Waals surface area contributed by atoms with Crippen LogP contribution in [0.15, 0.2) is 0 Å². The quantitative estimate of drug-likeness (QED) is 0.738. The summed E-state index contributed by atoms with van der Waals surface area (Å²) in [5.74, 6) is 0.999. The monoisotopic (exact) mass is 196 g/mol. The molecule has 1 saturated carbocycles. The predicted octanol–water partition coefficient (Wildman–Crippen LogP) is 1.86. The van der Waals surface area contributed by atoms with Crippen molar-refractivity contribution in [1.29, 1.82) is 0 Å². The Kier molecular flexibility index (Phi) is 3.82. The van der Waals surface area contributed by atoms with Crippen molar-refractivity contribution in [3.63, 3.8) is 0 Å². The molecule has 0 atom stereocenters. The number of hydrogen-bond donors (Lipinski definition) is 1. The topological polar surface area (TPSA) is 15.3 Å². The van der Waals surface area contributed by atoms with E-state index in [1.807, 2.05) is 0 Å². The molecule has 0 radical (unpaired) electrons. The maximum atomic E-state index is 3.26. The molecular formula is C12H24N2. The molecule has 14 heavy (non-hydrogen) atoms. The Labute approximate surface area is 88.1 Å². The van der Waals surface area contributed by atoms with Crippen LogP contribution in [-0.2, 0) is 0 Å². The number of hydrogen-bond acceptors (Lipinski definition) is 2. The van der Waals surface area contributed by atoms with Crippen molar-refractivity contribution >= 4 is 0 Å². The Hall–Kier alpha value is -0.0800. The molecule has 2 rings (SSSR count). The Morgan fingerprint density at radius 1 is 1.14 bits per heavy atom. The number of rotatable bonds is 4. The van der Waals surface area contributed by atoms with Crippen LogP contribution in [0.25, 0.3) is 0 Å². The van der Waals surface area contributed by atoms with E-state index in [0.717, 1.165) is 12.0 Å². The molecular weight excluding hydrogens is 172 g/mol. The van der Waals surface area contributed by atoms with Crippen molar-refractivity contribution in [3.8, 4) is 0 Å². The molecule has 0 aromatic heterocycles. The van der Waals surface area contributed by atoms with Gasteiger partial charge in [-0.3, -0.25) is 0 Å². The lowest BCUT2D eigenvalue weighted by Crippen LogP contribution is -2.45. The molecule has 2 nitrogen and oxygen atoms in total. The van der Waals surface area contributed by atoms with Crippen LogP contribution in [0.2, 0.25) is 0 Å². The summed E-state index contributed by atoms with van der Waals surface area (Å²) in [7, 11) is 2.06. The summed E-state index contributed by atoms with van der Waals surface area (Å²) in [5.41, 5.74) is 0. The van der Waals surface area contributed by atoms with Crippen molar-refractivity contribution in [2.75, 3.05) is 26.7 Å². The van der Waals surface area contributed by atoms with Gasteiger partial charge in [0.2, 0.25) is 0 Å². The SMILES string of the molecule is CNCCC1CCN(C2CCC2)CC1. The lowest BCUT2D eigenvalue weighted by molar-refractivity contribution is 0.0828. The van der Waals surface area contributed by atoms with Gasteiger partial charge in [-0.05, 0) is 64.7 Å². The fourth-order valence-electron chi connectivity index (χ4n) is 2.71. The highest BCUT2D eigenvalue weighted by molar-refractivity contribution is 4.83. The minimum Gasteiger partial charge on any atom is -0.320 e. The molecule has 1 N–H and O–H groups in total. The summed E-state index contributed by atoms with van der Waals surface area (Å²) in [5, 5.41) is 3.26. The average Bonchev–Trinajstić information content (AvgIpc) is 2.14. The van der Waals surface area contributed by atoms with Gasteiger partial charge >= 0.3 is 0 Å². The molecule has 0 spiro atoms. The van der Waals surface area contributed by atoms with Gasteiger partial charge in [0.25, 0.3) is 0 Å². The molecule has 0 unspecified atom stereocenters. The normalized spacial score (nSPS) is 26.4. The molecule has 2 fully saturated rings. The van der Waals surface area contributed by atoms with E-state index in [0.29, 0.717) is 0 Å². The molecule has 82 valence electrons. The van der Waals surface area contributed by atoms with Crippen molar-refractivity contribution < 1.29 is 0 Å². The van der Waals surface area contributed by atoms with E-state index in [9.17, 15) is 0 Å². The first-order chi connectivity index (χ1) is 6.90. The number of piperidine rings is 1. The average molecular weight is 196 g/mol. The van der Waals surface area contributed by atoms with Gasteiger partial charge in [-0.15, -0.1) is 0 Å². The molecule has 1 aliphatic carbocycles. The second kappa shape index (κ2) is 5.13. The first-order valence-corrected chi connectivity index (χ1v) is 6.29. The maximum Gasteiger partial charge on any atom is 0.00952 e. The highest BCUT2D eigenvalue weighted by atomic mass is 15.2. The molecule has 1 saturated heterocycles. The molecule has 0 amide bonds. The minimum absolute atomic E-state index is 0.972. The van der Waals surface area contributed by atoms with E-state index in [2.05, 4.69) is 17.3 Å². The zero-order valence-corrected chi connectivity index (χ0v) is 9.47. The highest BCUT2D eigenvalue weighted by Crippen LogP contribution is 2.29. The van der Waals surface area contributed by atoms with Crippen molar-refractivity contribution in [2.24, 2.45) is 5.92 Å². The van der Waals surface area contributed by atoms with E-state index >= 15 is 0 Å². The van der Waals surface area contributed by atoms with Crippen LogP contribution in [0.3, 0.4) is 0 Å². The summed E-state index contributed by atoms with van der Waals surface area (Å²) >= 11 is 0. The van der Waals surface area contributed by atoms with Crippen molar-refractivity contribution in [1.82, 2.24) is 10.2 Å². The van der Waals surface area contributed by atoms with Crippen LogP contribution in [0.1, 0.15) is 38.5 Å². The fraction of sp³-hybridized carbons (Fsp3) is 1.00. The molecule has 0 aromatic rings. The largest absolute Gasteiger partial charge is 0.320 e. The second-order valence-corrected chi connectivity index (χ2v) is 4.96. The van der Waals surface area contributed by atoms with Crippen LogP contribution < -0.4 is 5.32 Å². The third-order valence-corrected chi connectivity index (χ3v) is 4.04. The van der Waals surface area contributed by atoms with Gasteiger partial charge in [-0.2, -0.15) is 0 Å². The lowest BCUT2D eigenvalue weighted by Gasteiger charge is -2.41. The molecule has 0 bridgehead atoms. The second-order valence-electron chi connectivity index (χ2n) is 4.96. The van der Waals surface area contributed by atoms with E-state index in [-0.39, 0.29) is 0 Å². The Bertz CT molecular complexity index is 158. The Balaban J connectivity index is 1.64. The van der Waals surface area contributed by atoms with Gasteiger partial charge in [0, 0.05) is 6.04 Å². The summed E-state index contributed by atoms with van der Waals surface area (Å²) in [6.07, 6.45) is 8.69. The van der Waals surface area contributed by atoms with E-state index in [4.69, 9.17) is 0 Å².